The lowest BCUT2D eigenvalue weighted by Gasteiger charge is -2.32. The van der Waals surface area contributed by atoms with Gasteiger partial charge in [0, 0.05) is 33.2 Å². The van der Waals surface area contributed by atoms with Crippen molar-refractivity contribution in [2.75, 3.05) is 40.0 Å². The number of nitrogens with zero attached hydrogens (tertiary/aromatic N) is 1. The molecule has 0 aromatic rings. The summed E-state index contributed by atoms with van der Waals surface area (Å²) >= 11 is 0. The van der Waals surface area contributed by atoms with Crippen molar-refractivity contribution in [2.45, 2.75) is 25.4 Å². The molecule has 1 saturated carbocycles. The first kappa shape index (κ1) is 14.3. The number of amides is 2. The molecule has 0 spiro atoms. The molecule has 1 atom stereocenters. The summed E-state index contributed by atoms with van der Waals surface area (Å²) < 4.78 is 10.4. The van der Waals surface area contributed by atoms with Crippen LogP contribution in [0.3, 0.4) is 0 Å². The molecular weight excluding hydrogens is 248 g/mol. The fourth-order valence-corrected chi connectivity index (χ4v) is 2.11. The Morgan fingerprint density at radius 2 is 2.32 bits per heavy atom. The van der Waals surface area contributed by atoms with E-state index in [0.717, 1.165) is 0 Å². The lowest BCUT2D eigenvalue weighted by atomic mass is 10.2. The Labute approximate surface area is 113 Å². The zero-order chi connectivity index (χ0) is 13.7. The second-order valence-corrected chi connectivity index (χ2v) is 5.22. The van der Waals surface area contributed by atoms with Crippen LogP contribution in [0.4, 0.5) is 0 Å². The molecule has 19 heavy (non-hydrogen) atoms. The highest BCUT2D eigenvalue weighted by Crippen LogP contribution is 2.32. The summed E-state index contributed by atoms with van der Waals surface area (Å²) in [4.78, 5) is 24.9. The third kappa shape index (κ3) is 4.80. The van der Waals surface area contributed by atoms with Gasteiger partial charge >= 0.3 is 0 Å². The molecule has 2 aliphatic rings. The van der Waals surface area contributed by atoms with E-state index >= 15 is 0 Å². The summed E-state index contributed by atoms with van der Waals surface area (Å²) in [6.45, 7) is 2.18. The number of carbonyl (C=O) groups excluding carboxylic acids is 2. The fourth-order valence-electron chi connectivity index (χ4n) is 2.11. The van der Waals surface area contributed by atoms with Crippen LogP contribution >= 0.6 is 0 Å². The molecule has 2 amide bonds. The Morgan fingerprint density at radius 3 is 3.00 bits per heavy atom. The largest absolute Gasteiger partial charge is 0.383 e. The summed E-state index contributed by atoms with van der Waals surface area (Å²) in [6, 6.07) is 0. The molecule has 1 saturated heterocycles. The normalized spacial score (nSPS) is 23.5. The number of methoxy groups -OCH3 is 1. The molecule has 2 fully saturated rings. The SMILES string of the molecule is COCCN1CC(CNC(=O)CC2CC2)OCC1=O. The minimum absolute atomic E-state index is 0.0161. The van der Waals surface area contributed by atoms with Crippen LogP contribution in [-0.2, 0) is 19.1 Å². The zero-order valence-electron chi connectivity index (χ0n) is 11.4. The van der Waals surface area contributed by atoms with Crippen molar-refractivity contribution >= 4 is 11.8 Å². The number of ether oxygens (including phenoxy) is 2. The second-order valence-electron chi connectivity index (χ2n) is 5.22. The molecule has 0 aromatic heterocycles. The maximum Gasteiger partial charge on any atom is 0.248 e. The fraction of sp³-hybridized carbons (Fsp3) is 0.846. The monoisotopic (exact) mass is 270 g/mol. The maximum atomic E-state index is 11.6. The van der Waals surface area contributed by atoms with Crippen molar-refractivity contribution in [3.63, 3.8) is 0 Å². The number of hydrogen-bond donors (Lipinski definition) is 1. The molecule has 6 heteroatoms. The average Bonchev–Trinajstić information content (AvgIpc) is 3.20. The molecule has 1 N–H and O–H groups in total. The molecular formula is C13H22N2O4. The van der Waals surface area contributed by atoms with Crippen molar-refractivity contribution in [1.82, 2.24) is 10.2 Å². The van der Waals surface area contributed by atoms with Crippen molar-refractivity contribution in [3.8, 4) is 0 Å². The minimum atomic E-state index is -0.113. The van der Waals surface area contributed by atoms with Crippen LogP contribution in [-0.4, -0.2) is 62.8 Å². The first-order valence-electron chi connectivity index (χ1n) is 6.84. The van der Waals surface area contributed by atoms with Crippen LogP contribution < -0.4 is 5.32 Å². The standard InChI is InChI=1S/C13H22N2O4/c1-18-5-4-15-8-11(19-9-13(15)17)7-14-12(16)6-10-2-3-10/h10-11H,2-9H2,1H3,(H,14,16). The number of hydrogen-bond acceptors (Lipinski definition) is 4. The van der Waals surface area contributed by atoms with Crippen molar-refractivity contribution in [1.29, 1.82) is 0 Å². The Balaban J connectivity index is 1.67. The summed E-state index contributed by atoms with van der Waals surface area (Å²) in [5.41, 5.74) is 0. The van der Waals surface area contributed by atoms with Crippen LogP contribution in [0.5, 0.6) is 0 Å². The highest BCUT2D eigenvalue weighted by molar-refractivity contribution is 5.78. The van der Waals surface area contributed by atoms with Gasteiger partial charge in [-0.05, 0) is 18.8 Å². The Hall–Kier alpha value is -1.14. The lowest BCUT2D eigenvalue weighted by molar-refractivity contribution is -0.149. The van der Waals surface area contributed by atoms with E-state index in [4.69, 9.17) is 9.47 Å². The molecule has 0 radical (unpaired) electrons. The van der Waals surface area contributed by atoms with E-state index in [1.165, 1.54) is 12.8 Å². The van der Waals surface area contributed by atoms with Crippen LogP contribution in [0.1, 0.15) is 19.3 Å². The van der Waals surface area contributed by atoms with Crippen LogP contribution in [0.2, 0.25) is 0 Å². The number of rotatable bonds is 7. The van der Waals surface area contributed by atoms with E-state index in [-0.39, 0.29) is 24.5 Å². The van der Waals surface area contributed by atoms with Gasteiger partial charge in [-0.2, -0.15) is 0 Å². The van der Waals surface area contributed by atoms with Gasteiger partial charge in [-0.25, -0.2) is 0 Å². The summed E-state index contributed by atoms with van der Waals surface area (Å²) in [6.07, 6.45) is 2.86. The van der Waals surface area contributed by atoms with Gasteiger partial charge in [0.15, 0.2) is 0 Å². The second kappa shape index (κ2) is 6.86. The van der Waals surface area contributed by atoms with E-state index in [1.807, 2.05) is 0 Å². The van der Waals surface area contributed by atoms with E-state index in [1.54, 1.807) is 12.0 Å². The first-order chi connectivity index (χ1) is 9.19. The predicted molar refractivity (Wildman–Crippen MR) is 68.5 cm³/mol. The van der Waals surface area contributed by atoms with Gasteiger partial charge < -0.3 is 19.7 Å². The van der Waals surface area contributed by atoms with Gasteiger partial charge in [0.2, 0.25) is 11.8 Å². The van der Waals surface area contributed by atoms with Crippen LogP contribution in [0, 0.1) is 5.92 Å². The van der Waals surface area contributed by atoms with Crippen LogP contribution in [0.25, 0.3) is 0 Å². The summed E-state index contributed by atoms with van der Waals surface area (Å²) in [5.74, 6) is 0.663. The number of carbonyl (C=O) groups is 2. The first-order valence-corrected chi connectivity index (χ1v) is 6.84. The lowest BCUT2D eigenvalue weighted by Crippen LogP contribution is -2.51. The molecule has 1 unspecified atom stereocenters. The minimum Gasteiger partial charge on any atom is -0.383 e. The zero-order valence-corrected chi connectivity index (χ0v) is 11.4. The number of morpholine rings is 1. The van der Waals surface area contributed by atoms with Gasteiger partial charge in [0.1, 0.15) is 6.61 Å². The van der Waals surface area contributed by atoms with E-state index < -0.39 is 0 Å². The summed E-state index contributed by atoms with van der Waals surface area (Å²) in [5, 5.41) is 2.88. The van der Waals surface area contributed by atoms with Gasteiger partial charge in [-0.15, -0.1) is 0 Å². The van der Waals surface area contributed by atoms with E-state index in [0.29, 0.717) is 38.6 Å². The quantitative estimate of drug-likeness (QED) is 0.694. The third-order valence-corrected chi connectivity index (χ3v) is 3.48. The van der Waals surface area contributed by atoms with E-state index in [2.05, 4.69) is 5.32 Å². The Morgan fingerprint density at radius 1 is 1.53 bits per heavy atom. The molecule has 1 aliphatic heterocycles. The average molecular weight is 270 g/mol. The molecule has 2 rings (SSSR count). The van der Waals surface area contributed by atoms with E-state index in [9.17, 15) is 9.59 Å². The van der Waals surface area contributed by atoms with Gasteiger partial charge in [-0.1, -0.05) is 0 Å². The van der Waals surface area contributed by atoms with Gasteiger partial charge in [0.05, 0.1) is 12.7 Å². The van der Waals surface area contributed by atoms with Crippen molar-refractivity contribution in [3.05, 3.63) is 0 Å². The predicted octanol–water partition coefficient (Wildman–Crippen LogP) is -0.223. The third-order valence-electron chi connectivity index (χ3n) is 3.48. The van der Waals surface area contributed by atoms with Crippen molar-refractivity contribution in [2.24, 2.45) is 5.92 Å². The molecule has 0 aromatic carbocycles. The highest BCUT2D eigenvalue weighted by atomic mass is 16.5. The topological polar surface area (TPSA) is 67.9 Å². The Bertz CT molecular complexity index is 331. The molecule has 1 aliphatic carbocycles. The Kier molecular flexibility index (Phi) is 5.15. The molecule has 6 nitrogen and oxygen atoms in total. The smallest absolute Gasteiger partial charge is 0.248 e. The van der Waals surface area contributed by atoms with Gasteiger partial charge in [0.25, 0.3) is 0 Å². The highest BCUT2D eigenvalue weighted by Gasteiger charge is 2.27. The molecule has 108 valence electrons. The van der Waals surface area contributed by atoms with Crippen molar-refractivity contribution < 1.29 is 19.1 Å². The maximum absolute atomic E-state index is 11.6. The summed E-state index contributed by atoms with van der Waals surface area (Å²) in [7, 11) is 1.61. The molecule has 1 heterocycles. The van der Waals surface area contributed by atoms with Gasteiger partial charge in [-0.3, -0.25) is 9.59 Å². The number of nitrogens with one attached hydrogen (secondary N) is 1. The molecule has 0 bridgehead atoms. The van der Waals surface area contributed by atoms with Crippen LogP contribution in [0.15, 0.2) is 0 Å².